The van der Waals surface area contributed by atoms with E-state index in [-0.39, 0.29) is 22.4 Å². The number of nitrogens with one attached hydrogen (secondary N) is 1. The molecule has 0 saturated carbocycles. The molecule has 0 aliphatic carbocycles. The van der Waals surface area contributed by atoms with Gasteiger partial charge in [0.15, 0.2) is 11.0 Å². The normalized spacial score (nSPS) is 10.9. The maximum absolute atomic E-state index is 12.7. The molecule has 1 amide bonds. The summed E-state index contributed by atoms with van der Waals surface area (Å²) in [5, 5.41) is 23.3. The van der Waals surface area contributed by atoms with E-state index in [2.05, 4.69) is 5.32 Å². The van der Waals surface area contributed by atoms with Crippen LogP contribution in [0.4, 0.5) is 5.69 Å². The average Bonchev–Trinajstić information content (AvgIpc) is 2.71. The number of rotatable bonds is 3. The summed E-state index contributed by atoms with van der Waals surface area (Å²) < 4.78 is 5.84. The van der Waals surface area contributed by atoms with Gasteiger partial charge in [-0.1, -0.05) is 41.4 Å². The number of phenolic OH excluding ortho intramolecular Hbond substituents is 2. The number of hydrogen-bond donors (Lipinski definition) is 3. The van der Waals surface area contributed by atoms with E-state index in [0.29, 0.717) is 16.1 Å². The fourth-order valence-electron chi connectivity index (χ4n) is 3.11. The lowest BCUT2D eigenvalue weighted by Crippen LogP contribution is -2.13. The highest BCUT2D eigenvalue weighted by atomic mass is 35.5. The van der Waals surface area contributed by atoms with Crippen LogP contribution in [0.3, 0.4) is 0 Å². The minimum Gasteiger partial charge on any atom is -0.507 e. The SMILES string of the molecule is Cc1ccc(C(=O)Nc2c(O)cc(O)c3c(=O)cc(-c4ccccc4Cl)oc23)cc1. The summed E-state index contributed by atoms with van der Waals surface area (Å²) in [4.78, 5) is 25.4. The zero-order chi connectivity index (χ0) is 21.4. The monoisotopic (exact) mass is 421 g/mol. The molecule has 0 aliphatic heterocycles. The molecule has 0 bridgehead atoms. The summed E-state index contributed by atoms with van der Waals surface area (Å²) in [5.74, 6) is -1.28. The van der Waals surface area contributed by atoms with Crippen LogP contribution in [-0.4, -0.2) is 16.1 Å². The molecule has 0 unspecified atom stereocenters. The smallest absolute Gasteiger partial charge is 0.255 e. The van der Waals surface area contributed by atoms with Gasteiger partial charge in [-0.3, -0.25) is 9.59 Å². The number of halogens is 1. The van der Waals surface area contributed by atoms with Crippen LogP contribution in [0.1, 0.15) is 15.9 Å². The second kappa shape index (κ2) is 7.57. The standard InChI is InChI=1S/C23H16ClNO5/c1-12-6-8-13(9-7-12)23(29)25-21-18(28)10-16(26)20-17(27)11-19(30-22(20)21)14-4-2-3-5-15(14)24/h2-11,26,28H,1H3,(H,25,29). The summed E-state index contributed by atoms with van der Waals surface area (Å²) in [6.45, 7) is 1.89. The third kappa shape index (κ3) is 3.49. The van der Waals surface area contributed by atoms with Crippen LogP contribution < -0.4 is 10.7 Å². The van der Waals surface area contributed by atoms with Gasteiger partial charge in [0, 0.05) is 23.3 Å². The van der Waals surface area contributed by atoms with Gasteiger partial charge >= 0.3 is 0 Å². The van der Waals surface area contributed by atoms with E-state index in [1.807, 2.05) is 6.92 Å². The number of aromatic hydroxyl groups is 2. The molecule has 0 aliphatic rings. The quantitative estimate of drug-likeness (QED) is 0.316. The largest absolute Gasteiger partial charge is 0.507 e. The molecular formula is C23H16ClNO5. The fraction of sp³-hybridized carbons (Fsp3) is 0.0435. The van der Waals surface area contributed by atoms with Gasteiger partial charge in [-0.25, -0.2) is 0 Å². The topological polar surface area (TPSA) is 99.8 Å². The molecule has 7 heteroatoms. The summed E-state index contributed by atoms with van der Waals surface area (Å²) in [6, 6.07) is 15.8. The second-order valence-electron chi connectivity index (χ2n) is 6.77. The minimum atomic E-state index is -0.547. The molecule has 6 nitrogen and oxygen atoms in total. The van der Waals surface area contributed by atoms with Gasteiger partial charge in [0.25, 0.3) is 5.91 Å². The highest BCUT2D eigenvalue weighted by Crippen LogP contribution is 2.39. The van der Waals surface area contributed by atoms with Gasteiger partial charge in [-0.2, -0.15) is 0 Å². The fourth-order valence-corrected chi connectivity index (χ4v) is 3.34. The van der Waals surface area contributed by atoms with Gasteiger partial charge in [0.05, 0.1) is 5.02 Å². The van der Waals surface area contributed by atoms with E-state index in [1.54, 1.807) is 48.5 Å². The molecule has 0 saturated heterocycles. The summed E-state index contributed by atoms with van der Waals surface area (Å²) in [5.41, 5.74) is 0.965. The number of amides is 1. The predicted octanol–water partition coefficient (Wildman–Crippen LogP) is 5.09. The first-order valence-corrected chi connectivity index (χ1v) is 9.38. The van der Waals surface area contributed by atoms with E-state index in [1.165, 1.54) is 6.07 Å². The lowest BCUT2D eigenvalue weighted by atomic mass is 10.1. The van der Waals surface area contributed by atoms with Gasteiger partial charge in [-0.15, -0.1) is 0 Å². The summed E-state index contributed by atoms with van der Waals surface area (Å²) in [7, 11) is 0. The first-order chi connectivity index (χ1) is 14.3. The molecule has 0 fully saturated rings. The Hall–Kier alpha value is -3.77. The van der Waals surface area contributed by atoms with Crippen molar-refractivity contribution in [2.45, 2.75) is 6.92 Å². The van der Waals surface area contributed by atoms with Crippen molar-refractivity contribution in [3.05, 3.63) is 87.0 Å². The average molecular weight is 422 g/mol. The Balaban J connectivity index is 1.90. The van der Waals surface area contributed by atoms with Crippen molar-refractivity contribution in [3.63, 3.8) is 0 Å². The minimum absolute atomic E-state index is 0.126. The van der Waals surface area contributed by atoms with Crippen LogP contribution in [0.25, 0.3) is 22.3 Å². The van der Waals surface area contributed by atoms with Crippen molar-refractivity contribution in [2.75, 3.05) is 5.32 Å². The van der Waals surface area contributed by atoms with Gasteiger partial charge in [0.2, 0.25) is 0 Å². The van der Waals surface area contributed by atoms with Crippen molar-refractivity contribution >= 4 is 34.2 Å². The number of hydrogen-bond acceptors (Lipinski definition) is 5. The van der Waals surface area contributed by atoms with Crippen LogP contribution in [0.15, 0.2) is 69.9 Å². The molecule has 30 heavy (non-hydrogen) atoms. The zero-order valence-electron chi connectivity index (χ0n) is 15.8. The van der Waals surface area contributed by atoms with E-state index in [4.69, 9.17) is 16.0 Å². The molecule has 0 atom stereocenters. The van der Waals surface area contributed by atoms with Crippen molar-refractivity contribution in [1.82, 2.24) is 0 Å². The van der Waals surface area contributed by atoms with Gasteiger partial charge in [0.1, 0.15) is 28.3 Å². The number of benzene rings is 3. The first kappa shape index (κ1) is 19.5. The van der Waals surface area contributed by atoms with Gasteiger partial charge in [-0.05, 0) is 31.2 Å². The summed E-state index contributed by atoms with van der Waals surface area (Å²) in [6.07, 6.45) is 0. The molecular weight excluding hydrogens is 406 g/mol. The zero-order valence-corrected chi connectivity index (χ0v) is 16.5. The Bertz CT molecular complexity index is 1340. The Kier molecular flexibility index (Phi) is 4.93. The van der Waals surface area contributed by atoms with Crippen LogP contribution in [0, 0.1) is 6.92 Å². The number of carbonyl (C=O) groups is 1. The molecule has 4 rings (SSSR count). The highest BCUT2D eigenvalue weighted by Gasteiger charge is 2.21. The van der Waals surface area contributed by atoms with E-state index in [9.17, 15) is 19.8 Å². The molecule has 3 aromatic carbocycles. The maximum Gasteiger partial charge on any atom is 0.255 e. The van der Waals surface area contributed by atoms with E-state index in [0.717, 1.165) is 11.6 Å². The Morgan fingerprint density at radius 3 is 2.40 bits per heavy atom. The van der Waals surface area contributed by atoms with E-state index < -0.39 is 22.8 Å². The third-order valence-corrected chi connectivity index (χ3v) is 4.98. The number of carbonyl (C=O) groups excluding carboxylic acids is 1. The second-order valence-corrected chi connectivity index (χ2v) is 7.18. The Labute approximate surface area is 176 Å². The first-order valence-electron chi connectivity index (χ1n) is 9.01. The number of anilines is 1. The van der Waals surface area contributed by atoms with Crippen LogP contribution in [-0.2, 0) is 0 Å². The summed E-state index contributed by atoms with van der Waals surface area (Å²) >= 11 is 6.21. The number of phenols is 2. The number of aryl methyl sites for hydroxylation is 1. The van der Waals surface area contributed by atoms with Crippen LogP contribution >= 0.6 is 11.6 Å². The molecule has 1 heterocycles. The highest BCUT2D eigenvalue weighted by molar-refractivity contribution is 6.33. The number of fused-ring (bicyclic) bond motifs is 1. The molecule has 1 aromatic heterocycles. The third-order valence-electron chi connectivity index (χ3n) is 4.65. The van der Waals surface area contributed by atoms with Crippen molar-refractivity contribution in [1.29, 1.82) is 0 Å². The lowest BCUT2D eigenvalue weighted by Gasteiger charge is -2.13. The molecule has 0 spiro atoms. The van der Waals surface area contributed by atoms with Crippen LogP contribution in [0.2, 0.25) is 5.02 Å². The Morgan fingerprint density at radius 2 is 1.70 bits per heavy atom. The molecule has 4 aromatic rings. The lowest BCUT2D eigenvalue weighted by molar-refractivity contribution is 0.102. The molecule has 0 radical (unpaired) electrons. The van der Waals surface area contributed by atoms with Crippen molar-refractivity contribution in [2.24, 2.45) is 0 Å². The van der Waals surface area contributed by atoms with Crippen molar-refractivity contribution in [3.8, 4) is 22.8 Å². The van der Waals surface area contributed by atoms with Gasteiger partial charge < -0.3 is 19.9 Å². The Morgan fingerprint density at radius 1 is 1.00 bits per heavy atom. The van der Waals surface area contributed by atoms with Crippen molar-refractivity contribution < 1.29 is 19.4 Å². The van der Waals surface area contributed by atoms with E-state index >= 15 is 0 Å². The molecule has 150 valence electrons. The maximum atomic E-state index is 12.7. The van der Waals surface area contributed by atoms with Crippen LogP contribution in [0.5, 0.6) is 11.5 Å². The predicted molar refractivity (Wildman–Crippen MR) is 115 cm³/mol. The molecule has 3 N–H and O–H groups in total.